The van der Waals surface area contributed by atoms with Gasteiger partial charge in [-0.3, -0.25) is 0 Å². The maximum absolute atomic E-state index is 11.6. The number of amides is 1. The number of rotatable bonds is 4. The molecule has 1 amide bonds. The lowest BCUT2D eigenvalue weighted by atomic mass is 10.1. The molecule has 2 rings (SSSR count). The molecule has 0 aliphatic carbocycles. The second-order valence-electron chi connectivity index (χ2n) is 4.38. The van der Waals surface area contributed by atoms with Crippen molar-refractivity contribution >= 4 is 16.9 Å². The van der Waals surface area contributed by atoms with Crippen LogP contribution in [0.25, 0.3) is 10.8 Å². The Hall–Kier alpha value is -2.07. The lowest BCUT2D eigenvalue weighted by Crippen LogP contribution is -2.27. The van der Waals surface area contributed by atoms with Crippen LogP contribution in [0.4, 0.5) is 4.79 Å². The number of ether oxygens (including phenoxy) is 1. The maximum Gasteiger partial charge on any atom is 0.409 e. The summed E-state index contributed by atoms with van der Waals surface area (Å²) in [6.07, 6.45) is -0.429. The van der Waals surface area contributed by atoms with Gasteiger partial charge in [-0.1, -0.05) is 36.4 Å². The Labute approximate surface area is 112 Å². The minimum Gasteiger partial charge on any atom is -0.447 e. The van der Waals surface area contributed by atoms with Crippen molar-refractivity contribution in [2.45, 2.75) is 6.54 Å². The summed E-state index contributed by atoms with van der Waals surface area (Å²) in [6.45, 7) is 0.353. The number of hydrogen-bond donors (Lipinski definition) is 1. The van der Waals surface area contributed by atoms with Crippen molar-refractivity contribution in [3.63, 3.8) is 0 Å². The predicted octanol–water partition coefficient (Wildman–Crippen LogP) is 2.40. The first-order chi connectivity index (χ1) is 9.20. The van der Waals surface area contributed by atoms with Crippen LogP contribution in [0.2, 0.25) is 0 Å². The van der Waals surface area contributed by atoms with Gasteiger partial charge < -0.3 is 14.7 Å². The Bertz CT molecular complexity index is 568. The van der Waals surface area contributed by atoms with Crippen LogP contribution in [-0.4, -0.2) is 36.4 Å². The highest BCUT2D eigenvalue weighted by Gasteiger charge is 2.10. The molecule has 1 N–H and O–H groups in total. The number of aliphatic hydroxyl groups is 1. The van der Waals surface area contributed by atoms with E-state index in [1.807, 2.05) is 30.3 Å². The highest BCUT2D eigenvalue weighted by molar-refractivity contribution is 5.83. The van der Waals surface area contributed by atoms with Crippen molar-refractivity contribution in [2.75, 3.05) is 20.3 Å². The molecule has 19 heavy (non-hydrogen) atoms. The van der Waals surface area contributed by atoms with E-state index in [2.05, 4.69) is 12.1 Å². The smallest absolute Gasteiger partial charge is 0.409 e. The van der Waals surface area contributed by atoms with Gasteiger partial charge in [-0.05, 0) is 22.4 Å². The normalized spacial score (nSPS) is 10.4. The third-order valence-electron chi connectivity index (χ3n) is 2.86. The molecule has 0 aromatic heterocycles. The van der Waals surface area contributed by atoms with Crippen LogP contribution in [-0.2, 0) is 11.3 Å². The number of carbonyl (C=O) groups is 1. The molecule has 2 aromatic rings. The summed E-state index contributed by atoms with van der Waals surface area (Å²) >= 11 is 0. The van der Waals surface area contributed by atoms with Gasteiger partial charge in [0.1, 0.15) is 6.61 Å². The lowest BCUT2D eigenvalue weighted by molar-refractivity contribution is 0.0894. The van der Waals surface area contributed by atoms with Gasteiger partial charge >= 0.3 is 6.09 Å². The SMILES string of the molecule is CN(Cc1ccc2ccccc2c1)C(=O)OCCO. The van der Waals surface area contributed by atoms with E-state index in [0.717, 1.165) is 10.9 Å². The van der Waals surface area contributed by atoms with Gasteiger partial charge in [-0.25, -0.2) is 4.79 Å². The Balaban J connectivity index is 2.06. The molecule has 0 radical (unpaired) electrons. The molecule has 0 heterocycles. The van der Waals surface area contributed by atoms with E-state index in [-0.39, 0.29) is 13.2 Å². The predicted molar refractivity (Wildman–Crippen MR) is 73.8 cm³/mol. The molecular formula is C15H17NO3. The van der Waals surface area contributed by atoms with Crippen molar-refractivity contribution in [2.24, 2.45) is 0 Å². The zero-order valence-corrected chi connectivity index (χ0v) is 10.9. The van der Waals surface area contributed by atoms with Crippen LogP contribution >= 0.6 is 0 Å². The van der Waals surface area contributed by atoms with E-state index in [1.165, 1.54) is 10.3 Å². The summed E-state index contributed by atoms with van der Waals surface area (Å²) in [4.78, 5) is 13.0. The minimum absolute atomic E-state index is 0.0287. The first kappa shape index (κ1) is 13.4. The molecule has 0 atom stereocenters. The molecule has 0 bridgehead atoms. The fourth-order valence-corrected chi connectivity index (χ4v) is 1.92. The van der Waals surface area contributed by atoms with Gasteiger partial charge in [0.15, 0.2) is 0 Å². The molecular weight excluding hydrogens is 242 g/mol. The average Bonchev–Trinajstić information content (AvgIpc) is 2.44. The Morgan fingerprint density at radius 1 is 1.21 bits per heavy atom. The molecule has 4 heteroatoms. The van der Waals surface area contributed by atoms with Crippen LogP contribution in [0.3, 0.4) is 0 Å². The summed E-state index contributed by atoms with van der Waals surface area (Å²) in [5.74, 6) is 0. The summed E-state index contributed by atoms with van der Waals surface area (Å²) in [6, 6.07) is 14.2. The van der Waals surface area contributed by atoms with Gasteiger partial charge in [0.05, 0.1) is 6.61 Å². The molecule has 0 aliphatic rings. The summed E-state index contributed by atoms with van der Waals surface area (Å²) in [7, 11) is 1.68. The number of hydrogen-bond acceptors (Lipinski definition) is 3. The molecule has 0 fully saturated rings. The van der Waals surface area contributed by atoms with Crippen LogP contribution in [0, 0.1) is 0 Å². The zero-order chi connectivity index (χ0) is 13.7. The molecule has 0 spiro atoms. The quantitative estimate of drug-likeness (QED) is 0.917. The van der Waals surface area contributed by atoms with Crippen molar-refractivity contribution in [1.82, 2.24) is 4.90 Å². The van der Waals surface area contributed by atoms with Crippen molar-refractivity contribution < 1.29 is 14.6 Å². The van der Waals surface area contributed by atoms with Crippen LogP contribution in [0.5, 0.6) is 0 Å². The second-order valence-corrected chi connectivity index (χ2v) is 4.38. The monoisotopic (exact) mass is 259 g/mol. The van der Waals surface area contributed by atoms with Gasteiger partial charge in [-0.2, -0.15) is 0 Å². The van der Waals surface area contributed by atoms with Gasteiger partial charge in [-0.15, -0.1) is 0 Å². The topological polar surface area (TPSA) is 49.8 Å². The molecule has 4 nitrogen and oxygen atoms in total. The fraction of sp³-hybridized carbons (Fsp3) is 0.267. The number of carbonyl (C=O) groups excluding carboxylic acids is 1. The van der Waals surface area contributed by atoms with Gasteiger partial charge in [0.25, 0.3) is 0 Å². The van der Waals surface area contributed by atoms with E-state index in [1.54, 1.807) is 7.05 Å². The summed E-state index contributed by atoms with van der Waals surface area (Å²) < 4.78 is 4.85. The largest absolute Gasteiger partial charge is 0.447 e. The van der Waals surface area contributed by atoms with Crippen LogP contribution in [0.15, 0.2) is 42.5 Å². The van der Waals surface area contributed by atoms with Crippen LogP contribution < -0.4 is 0 Å². The first-order valence-electron chi connectivity index (χ1n) is 6.17. The lowest BCUT2D eigenvalue weighted by Gasteiger charge is -2.17. The van der Waals surface area contributed by atoms with E-state index >= 15 is 0 Å². The second kappa shape index (κ2) is 6.20. The van der Waals surface area contributed by atoms with Crippen molar-refractivity contribution in [1.29, 1.82) is 0 Å². The Morgan fingerprint density at radius 2 is 1.95 bits per heavy atom. The first-order valence-corrected chi connectivity index (χ1v) is 6.17. The highest BCUT2D eigenvalue weighted by atomic mass is 16.6. The van der Waals surface area contributed by atoms with Gasteiger partial charge in [0.2, 0.25) is 0 Å². The van der Waals surface area contributed by atoms with Crippen LogP contribution in [0.1, 0.15) is 5.56 Å². The van der Waals surface area contributed by atoms with E-state index in [4.69, 9.17) is 9.84 Å². The molecule has 0 saturated carbocycles. The van der Waals surface area contributed by atoms with E-state index in [9.17, 15) is 4.79 Å². The highest BCUT2D eigenvalue weighted by Crippen LogP contribution is 2.16. The third-order valence-corrected chi connectivity index (χ3v) is 2.86. The van der Waals surface area contributed by atoms with Crippen molar-refractivity contribution in [3.05, 3.63) is 48.0 Å². The number of benzene rings is 2. The maximum atomic E-state index is 11.6. The van der Waals surface area contributed by atoms with E-state index < -0.39 is 6.09 Å². The fourth-order valence-electron chi connectivity index (χ4n) is 1.92. The molecule has 0 unspecified atom stereocenters. The molecule has 100 valence electrons. The van der Waals surface area contributed by atoms with Gasteiger partial charge in [0, 0.05) is 13.6 Å². The number of aliphatic hydroxyl groups excluding tert-OH is 1. The molecule has 0 saturated heterocycles. The Kier molecular flexibility index (Phi) is 4.36. The Morgan fingerprint density at radius 3 is 2.68 bits per heavy atom. The molecule has 2 aromatic carbocycles. The number of fused-ring (bicyclic) bond motifs is 1. The molecule has 0 aliphatic heterocycles. The minimum atomic E-state index is -0.429. The average molecular weight is 259 g/mol. The standard InChI is InChI=1S/C15H17NO3/c1-16(15(18)19-9-8-17)11-12-6-7-13-4-2-3-5-14(13)10-12/h2-7,10,17H,8-9,11H2,1H3. The number of nitrogens with zero attached hydrogens (tertiary/aromatic N) is 1. The summed E-state index contributed by atoms with van der Waals surface area (Å²) in [5.41, 5.74) is 1.04. The zero-order valence-electron chi connectivity index (χ0n) is 10.9. The van der Waals surface area contributed by atoms with E-state index in [0.29, 0.717) is 6.54 Å². The third kappa shape index (κ3) is 3.45. The van der Waals surface area contributed by atoms with Crippen molar-refractivity contribution in [3.8, 4) is 0 Å². The summed E-state index contributed by atoms with van der Waals surface area (Å²) in [5, 5.41) is 10.9.